The Labute approximate surface area is 160 Å². The molecule has 1 saturated carbocycles. The summed E-state index contributed by atoms with van der Waals surface area (Å²) in [7, 11) is 4.11. The average Bonchev–Trinajstić information content (AvgIpc) is 3.33. The smallest absolute Gasteiger partial charge is 0.152 e. The van der Waals surface area contributed by atoms with Crippen LogP contribution in [0.15, 0.2) is 28.8 Å². The van der Waals surface area contributed by atoms with Crippen molar-refractivity contribution in [2.45, 2.75) is 38.0 Å². The third-order valence-electron chi connectivity index (χ3n) is 6.19. The van der Waals surface area contributed by atoms with E-state index in [1.165, 1.54) is 0 Å². The van der Waals surface area contributed by atoms with Crippen molar-refractivity contribution in [3.63, 3.8) is 0 Å². The van der Waals surface area contributed by atoms with Crippen LogP contribution in [-0.4, -0.2) is 77.6 Å². The zero-order chi connectivity index (χ0) is 18.9. The summed E-state index contributed by atoms with van der Waals surface area (Å²) in [6.07, 6.45) is 4.44. The zero-order valence-electron chi connectivity index (χ0n) is 16.2. The molecule has 2 fully saturated rings. The molecule has 1 spiro atoms. The maximum Gasteiger partial charge on any atom is 0.152 e. The first-order chi connectivity index (χ1) is 13.1. The summed E-state index contributed by atoms with van der Waals surface area (Å²) in [4.78, 5) is 4.54. The highest BCUT2D eigenvalue weighted by Gasteiger charge is 2.56. The number of H-pyrrole nitrogens is 1. The van der Waals surface area contributed by atoms with Crippen molar-refractivity contribution in [2.75, 3.05) is 40.3 Å². The Kier molecular flexibility index (Phi) is 5.36. The van der Waals surface area contributed by atoms with Gasteiger partial charge in [-0.05, 0) is 58.2 Å². The van der Waals surface area contributed by atoms with E-state index >= 15 is 0 Å². The number of likely N-dealkylation sites (tertiary alicyclic amines) is 1. The van der Waals surface area contributed by atoms with Crippen LogP contribution < -0.4 is 0 Å². The normalized spacial score (nSPS) is 25.2. The van der Waals surface area contributed by atoms with E-state index in [0.717, 1.165) is 69.3 Å². The van der Waals surface area contributed by atoms with Crippen LogP contribution in [0.1, 0.15) is 25.0 Å². The Morgan fingerprint density at radius 3 is 2.81 bits per heavy atom. The van der Waals surface area contributed by atoms with E-state index in [9.17, 15) is 5.11 Å². The molecule has 7 nitrogen and oxygen atoms in total. The van der Waals surface area contributed by atoms with Crippen LogP contribution in [0.25, 0.3) is 11.5 Å². The number of aromatic amines is 1. The van der Waals surface area contributed by atoms with Crippen LogP contribution >= 0.6 is 0 Å². The first-order valence-corrected chi connectivity index (χ1v) is 9.82. The molecule has 0 aromatic carbocycles. The largest absolute Gasteiger partial charge is 0.458 e. The number of hydrogen-bond acceptors (Lipinski definition) is 6. The number of aliphatic hydroxyl groups is 1. The van der Waals surface area contributed by atoms with Gasteiger partial charge in [-0.15, -0.1) is 0 Å². The van der Waals surface area contributed by atoms with Gasteiger partial charge in [0.15, 0.2) is 5.76 Å². The number of likely N-dealkylation sites (N-methyl/N-ethyl adjacent to an activating group) is 1. The number of aliphatic hydroxyl groups excluding tert-OH is 1. The SMILES string of the molecule is CN(C)CCO[C@H]1C[C@@H](O)C12CCN(Cc1ccc(-c3ccn[nH]3)o1)CC2. The monoisotopic (exact) mass is 374 g/mol. The maximum atomic E-state index is 10.5. The number of aromatic nitrogens is 2. The molecule has 2 N–H and O–H groups in total. The number of ether oxygens (including phenoxy) is 1. The van der Waals surface area contributed by atoms with Crippen molar-refractivity contribution in [2.24, 2.45) is 5.41 Å². The van der Waals surface area contributed by atoms with E-state index < -0.39 is 0 Å². The summed E-state index contributed by atoms with van der Waals surface area (Å²) >= 11 is 0. The quantitative estimate of drug-likeness (QED) is 0.772. The number of nitrogens with one attached hydrogen (secondary N) is 1. The van der Waals surface area contributed by atoms with Gasteiger partial charge < -0.3 is 19.2 Å². The minimum atomic E-state index is -0.223. The molecule has 0 amide bonds. The summed E-state index contributed by atoms with van der Waals surface area (Å²) in [6.45, 7) is 4.38. The number of hydrogen-bond donors (Lipinski definition) is 2. The fraction of sp³-hybridized carbons (Fsp3) is 0.650. The van der Waals surface area contributed by atoms with Gasteiger partial charge in [-0.1, -0.05) is 0 Å². The van der Waals surface area contributed by atoms with Crippen molar-refractivity contribution in [3.05, 3.63) is 30.2 Å². The van der Waals surface area contributed by atoms with Gasteiger partial charge in [0.2, 0.25) is 0 Å². The molecule has 3 heterocycles. The summed E-state index contributed by atoms with van der Waals surface area (Å²) in [5.74, 6) is 1.78. The summed E-state index contributed by atoms with van der Waals surface area (Å²) in [5.41, 5.74) is 0.849. The highest BCUT2D eigenvalue weighted by Crippen LogP contribution is 2.51. The van der Waals surface area contributed by atoms with Crippen molar-refractivity contribution in [1.29, 1.82) is 0 Å². The first kappa shape index (κ1) is 18.7. The molecule has 2 aromatic heterocycles. The van der Waals surface area contributed by atoms with Crippen molar-refractivity contribution in [3.8, 4) is 11.5 Å². The van der Waals surface area contributed by atoms with Crippen LogP contribution in [0.4, 0.5) is 0 Å². The average molecular weight is 374 g/mol. The van der Waals surface area contributed by atoms with Crippen LogP contribution in [0.2, 0.25) is 0 Å². The molecule has 2 atom stereocenters. The summed E-state index contributed by atoms with van der Waals surface area (Å²) in [6, 6.07) is 5.92. The van der Waals surface area contributed by atoms with Crippen molar-refractivity contribution >= 4 is 0 Å². The molecule has 148 valence electrons. The Hall–Kier alpha value is -1.67. The molecule has 27 heavy (non-hydrogen) atoms. The Bertz CT molecular complexity index is 719. The van der Waals surface area contributed by atoms with Crippen LogP contribution in [0.3, 0.4) is 0 Å². The van der Waals surface area contributed by atoms with Gasteiger partial charge in [0.1, 0.15) is 11.5 Å². The lowest BCUT2D eigenvalue weighted by Gasteiger charge is -2.56. The fourth-order valence-electron chi connectivity index (χ4n) is 4.34. The zero-order valence-corrected chi connectivity index (χ0v) is 16.2. The molecular weight excluding hydrogens is 344 g/mol. The topological polar surface area (TPSA) is 77.8 Å². The summed E-state index contributed by atoms with van der Waals surface area (Å²) < 4.78 is 12.1. The highest BCUT2D eigenvalue weighted by molar-refractivity contribution is 5.51. The van der Waals surface area contributed by atoms with E-state index in [0.29, 0.717) is 0 Å². The van der Waals surface area contributed by atoms with Crippen molar-refractivity contribution in [1.82, 2.24) is 20.0 Å². The molecule has 0 bridgehead atoms. The lowest BCUT2D eigenvalue weighted by Crippen LogP contribution is -2.62. The van der Waals surface area contributed by atoms with Gasteiger partial charge in [-0.2, -0.15) is 5.10 Å². The maximum absolute atomic E-state index is 10.5. The van der Waals surface area contributed by atoms with Gasteiger partial charge in [-0.3, -0.25) is 10.00 Å². The minimum Gasteiger partial charge on any atom is -0.458 e. The van der Waals surface area contributed by atoms with Crippen molar-refractivity contribution < 1.29 is 14.3 Å². The Morgan fingerprint density at radius 1 is 1.33 bits per heavy atom. The standard InChI is InChI=1S/C20H30N4O3/c1-23(2)11-12-26-19-13-18(25)20(19)6-9-24(10-7-20)14-15-3-4-17(27-15)16-5-8-21-22-16/h3-5,8,18-19,25H,6-7,9-14H2,1-2H3,(H,21,22)/t18-,19+/m1/s1. The van der Waals surface area contributed by atoms with E-state index in [4.69, 9.17) is 9.15 Å². The van der Waals surface area contributed by atoms with Crippen LogP contribution in [-0.2, 0) is 11.3 Å². The molecule has 0 radical (unpaired) electrons. The molecular formula is C20H30N4O3. The number of furan rings is 1. The van der Waals surface area contributed by atoms with E-state index in [1.807, 2.05) is 18.2 Å². The second kappa shape index (κ2) is 7.75. The molecule has 7 heteroatoms. The fourth-order valence-corrected chi connectivity index (χ4v) is 4.34. The third-order valence-corrected chi connectivity index (χ3v) is 6.19. The molecule has 4 rings (SSSR count). The molecule has 2 aromatic rings. The summed E-state index contributed by atoms with van der Waals surface area (Å²) in [5, 5.41) is 17.3. The Morgan fingerprint density at radius 2 is 2.15 bits per heavy atom. The number of rotatable bonds is 7. The lowest BCUT2D eigenvalue weighted by atomic mass is 9.58. The van der Waals surface area contributed by atoms with Gasteiger partial charge in [-0.25, -0.2) is 0 Å². The molecule has 1 saturated heterocycles. The van der Waals surface area contributed by atoms with Crippen LogP contribution in [0.5, 0.6) is 0 Å². The number of piperidine rings is 1. The van der Waals surface area contributed by atoms with E-state index in [1.54, 1.807) is 6.20 Å². The third kappa shape index (κ3) is 3.82. The second-order valence-corrected chi connectivity index (χ2v) is 8.16. The predicted molar refractivity (Wildman–Crippen MR) is 102 cm³/mol. The predicted octanol–water partition coefficient (Wildman–Crippen LogP) is 1.96. The lowest BCUT2D eigenvalue weighted by molar-refractivity contribution is -0.212. The first-order valence-electron chi connectivity index (χ1n) is 9.82. The van der Waals surface area contributed by atoms with E-state index in [-0.39, 0.29) is 17.6 Å². The number of nitrogens with zero attached hydrogens (tertiary/aromatic N) is 3. The minimum absolute atomic E-state index is 0.0486. The second-order valence-electron chi connectivity index (χ2n) is 8.16. The van der Waals surface area contributed by atoms with E-state index in [2.05, 4.69) is 34.1 Å². The van der Waals surface area contributed by atoms with Gasteiger partial charge in [0, 0.05) is 24.6 Å². The van der Waals surface area contributed by atoms with Crippen LogP contribution in [0, 0.1) is 5.41 Å². The molecule has 2 aliphatic rings. The Balaban J connectivity index is 1.29. The van der Waals surface area contributed by atoms with Gasteiger partial charge >= 0.3 is 0 Å². The highest BCUT2D eigenvalue weighted by atomic mass is 16.5. The molecule has 1 aliphatic carbocycles. The molecule has 0 unspecified atom stereocenters. The van der Waals surface area contributed by atoms with Gasteiger partial charge in [0.05, 0.1) is 25.4 Å². The van der Waals surface area contributed by atoms with Gasteiger partial charge in [0.25, 0.3) is 0 Å². The molecule has 1 aliphatic heterocycles.